The molecule has 0 saturated heterocycles. The van der Waals surface area contributed by atoms with Crippen molar-refractivity contribution in [2.75, 3.05) is 6.54 Å². The smallest absolute Gasteiger partial charge is 0.0459 e. The molecule has 0 spiro atoms. The van der Waals surface area contributed by atoms with Crippen LogP contribution in [0.25, 0.3) is 10.9 Å². The summed E-state index contributed by atoms with van der Waals surface area (Å²) in [5.41, 5.74) is 5.59. The standard InChI is InChI=1S/C18H18N2/c1-2-6-14(7-3-1)12-20-11-10-16-15-8-4-5-9-17(15)19-18(16)13-20/h1-9,19H,10-13H2. The fraction of sp³-hybridized carbons (Fsp3) is 0.222. The highest BCUT2D eigenvalue weighted by atomic mass is 15.1. The van der Waals surface area contributed by atoms with Crippen LogP contribution < -0.4 is 0 Å². The van der Waals surface area contributed by atoms with E-state index in [1.54, 1.807) is 0 Å². The van der Waals surface area contributed by atoms with Crippen LogP contribution in [-0.2, 0) is 19.5 Å². The number of hydrogen-bond donors (Lipinski definition) is 1. The molecule has 1 N–H and O–H groups in total. The zero-order valence-corrected chi connectivity index (χ0v) is 11.5. The topological polar surface area (TPSA) is 19.0 Å². The van der Waals surface area contributed by atoms with Crippen LogP contribution in [0.15, 0.2) is 54.6 Å². The third-order valence-electron chi connectivity index (χ3n) is 4.21. The number of nitrogens with zero attached hydrogens (tertiary/aromatic N) is 1. The minimum atomic E-state index is 1.03. The summed E-state index contributed by atoms with van der Waals surface area (Å²) in [5.74, 6) is 0. The summed E-state index contributed by atoms with van der Waals surface area (Å²) < 4.78 is 0. The number of fused-ring (bicyclic) bond motifs is 3. The van der Waals surface area contributed by atoms with E-state index in [2.05, 4.69) is 64.5 Å². The lowest BCUT2D eigenvalue weighted by Gasteiger charge is -2.27. The maximum atomic E-state index is 3.59. The average Bonchev–Trinajstić information content (AvgIpc) is 2.86. The Balaban J connectivity index is 1.60. The van der Waals surface area contributed by atoms with E-state index in [1.165, 1.54) is 27.7 Å². The minimum Gasteiger partial charge on any atom is -0.357 e. The molecule has 0 aliphatic carbocycles. The van der Waals surface area contributed by atoms with Gasteiger partial charge in [-0.05, 0) is 23.6 Å². The Kier molecular flexibility index (Phi) is 2.82. The number of benzene rings is 2. The van der Waals surface area contributed by atoms with Gasteiger partial charge in [-0.2, -0.15) is 0 Å². The molecular weight excluding hydrogens is 244 g/mol. The summed E-state index contributed by atoms with van der Waals surface area (Å²) in [5, 5.41) is 1.40. The number of aromatic amines is 1. The van der Waals surface area contributed by atoms with Crippen molar-refractivity contribution in [1.29, 1.82) is 0 Å². The molecule has 4 rings (SSSR count). The monoisotopic (exact) mass is 262 g/mol. The Morgan fingerprint density at radius 1 is 0.950 bits per heavy atom. The number of para-hydroxylation sites is 1. The van der Waals surface area contributed by atoms with Gasteiger partial charge in [0.1, 0.15) is 0 Å². The molecule has 100 valence electrons. The van der Waals surface area contributed by atoms with Crippen LogP contribution in [0.2, 0.25) is 0 Å². The van der Waals surface area contributed by atoms with Crippen LogP contribution in [0.5, 0.6) is 0 Å². The highest BCUT2D eigenvalue weighted by Gasteiger charge is 2.20. The molecule has 1 aliphatic rings. The largest absolute Gasteiger partial charge is 0.357 e. The molecule has 0 unspecified atom stereocenters. The zero-order valence-electron chi connectivity index (χ0n) is 11.5. The quantitative estimate of drug-likeness (QED) is 0.745. The summed E-state index contributed by atoms with van der Waals surface area (Å²) >= 11 is 0. The van der Waals surface area contributed by atoms with E-state index < -0.39 is 0 Å². The molecule has 2 nitrogen and oxygen atoms in total. The molecule has 1 aliphatic heterocycles. The minimum absolute atomic E-state index is 1.03. The van der Waals surface area contributed by atoms with Gasteiger partial charge in [-0.3, -0.25) is 4.90 Å². The Labute approximate surface area is 119 Å². The number of rotatable bonds is 2. The summed E-state index contributed by atoms with van der Waals surface area (Å²) in [6.07, 6.45) is 1.15. The molecule has 0 atom stereocenters. The summed E-state index contributed by atoms with van der Waals surface area (Å²) in [6, 6.07) is 19.4. The van der Waals surface area contributed by atoms with Gasteiger partial charge in [0.05, 0.1) is 0 Å². The van der Waals surface area contributed by atoms with E-state index in [-0.39, 0.29) is 0 Å². The number of aromatic nitrogens is 1. The van der Waals surface area contributed by atoms with Crippen molar-refractivity contribution in [3.8, 4) is 0 Å². The predicted molar refractivity (Wildman–Crippen MR) is 82.6 cm³/mol. The molecule has 2 heteroatoms. The van der Waals surface area contributed by atoms with E-state index in [0.29, 0.717) is 0 Å². The van der Waals surface area contributed by atoms with Gasteiger partial charge in [0.2, 0.25) is 0 Å². The zero-order chi connectivity index (χ0) is 13.4. The summed E-state index contributed by atoms with van der Waals surface area (Å²) in [6.45, 7) is 3.21. The van der Waals surface area contributed by atoms with E-state index >= 15 is 0 Å². The van der Waals surface area contributed by atoms with Gasteiger partial charge in [0.15, 0.2) is 0 Å². The second-order valence-electron chi connectivity index (χ2n) is 5.57. The van der Waals surface area contributed by atoms with Crippen LogP contribution in [0.4, 0.5) is 0 Å². The van der Waals surface area contributed by atoms with Crippen molar-refractivity contribution < 1.29 is 0 Å². The summed E-state index contributed by atoms with van der Waals surface area (Å²) in [4.78, 5) is 6.11. The highest BCUT2D eigenvalue weighted by Crippen LogP contribution is 2.27. The molecule has 0 saturated carbocycles. The third kappa shape index (κ3) is 2.02. The molecule has 2 aromatic carbocycles. The molecule has 0 amide bonds. The molecular formula is C18H18N2. The normalized spacial score (nSPS) is 15.4. The van der Waals surface area contributed by atoms with Crippen LogP contribution in [-0.4, -0.2) is 16.4 Å². The maximum absolute atomic E-state index is 3.59. The molecule has 0 radical (unpaired) electrons. The van der Waals surface area contributed by atoms with Crippen LogP contribution >= 0.6 is 0 Å². The lowest BCUT2D eigenvalue weighted by molar-refractivity contribution is 0.243. The van der Waals surface area contributed by atoms with Gasteiger partial charge in [0.25, 0.3) is 0 Å². The molecule has 2 heterocycles. The first-order valence-corrected chi connectivity index (χ1v) is 7.25. The molecule has 3 aromatic rings. The molecule has 0 bridgehead atoms. The van der Waals surface area contributed by atoms with Gasteiger partial charge in [-0.25, -0.2) is 0 Å². The van der Waals surface area contributed by atoms with Gasteiger partial charge in [0, 0.05) is 36.2 Å². The molecule has 1 aromatic heterocycles. The maximum Gasteiger partial charge on any atom is 0.0459 e. The van der Waals surface area contributed by atoms with Crippen molar-refractivity contribution in [2.45, 2.75) is 19.5 Å². The second kappa shape index (κ2) is 4.80. The van der Waals surface area contributed by atoms with Crippen molar-refractivity contribution >= 4 is 10.9 Å². The molecule has 0 fully saturated rings. The van der Waals surface area contributed by atoms with E-state index in [4.69, 9.17) is 0 Å². The van der Waals surface area contributed by atoms with E-state index in [9.17, 15) is 0 Å². The predicted octanol–water partition coefficient (Wildman–Crippen LogP) is 3.73. The molecule has 20 heavy (non-hydrogen) atoms. The first kappa shape index (κ1) is 11.7. The van der Waals surface area contributed by atoms with Gasteiger partial charge < -0.3 is 4.98 Å². The highest BCUT2D eigenvalue weighted by molar-refractivity contribution is 5.84. The lowest BCUT2D eigenvalue weighted by atomic mass is 10.0. The number of H-pyrrole nitrogens is 1. The Bertz CT molecular complexity index is 728. The van der Waals surface area contributed by atoms with Crippen LogP contribution in [0, 0.1) is 0 Å². The Morgan fingerprint density at radius 3 is 2.65 bits per heavy atom. The van der Waals surface area contributed by atoms with E-state index in [1.807, 2.05) is 0 Å². The number of nitrogens with one attached hydrogen (secondary N) is 1. The van der Waals surface area contributed by atoms with Crippen molar-refractivity contribution in [2.24, 2.45) is 0 Å². The van der Waals surface area contributed by atoms with E-state index in [0.717, 1.165) is 26.1 Å². The lowest BCUT2D eigenvalue weighted by Crippen LogP contribution is -2.29. The Morgan fingerprint density at radius 2 is 1.75 bits per heavy atom. The fourth-order valence-electron chi connectivity index (χ4n) is 3.23. The first-order chi connectivity index (χ1) is 9.90. The second-order valence-corrected chi connectivity index (χ2v) is 5.57. The van der Waals surface area contributed by atoms with Crippen LogP contribution in [0.1, 0.15) is 16.8 Å². The van der Waals surface area contributed by atoms with Gasteiger partial charge in [-0.15, -0.1) is 0 Å². The van der Waals surface area contributed by atoms with Gasteiger partial charge in [-0.1, -0.05) is 48.5 Å². The average molecular weight is 262 g/mol. The van der Waals surface area contributed by atoms with Crippen LogP contribution in [0.3, 0.4) is 0 Å². The summed E-state index contributed by atoms with van der Waals surface area (Å²) in [7, 11) is 0. The first-order valence-electron chi connectivity index (χ1n) is 7.25. The van der Waals surface area contributed by atoms with Gasteiger partial charge >= 0.3 is 0 Å². The fourth-order valence-corrected chi connectivity index (χ4v) is 3.23. The van der Waals surface area contributed by atoms with Crippen molar-refractivity contribution in [1.82, 2.24) is 9.88 Å². The Hall–Kier alpha value is -2.06. The SMILES string of the molecule is c1ccc(CN2CCc3c([nH]c4ccccc34)C2)cc1. The third-order valence-corrected chi connectivity index (χ3v) is 4.21. The van der Waals surface area contributed by atoms with Crippen molar-refractivity contribution in [3.63, 3.8) is 0 Å². The number of hydrogen-bond acceptors (Lipinski definition) is 1. The van der Waals surface area contributed by atoms with Crippen molar-refractivity contribution in [3.05, 3.63) is 71.4 Å².